The van der Waals surface area contributed by atoms with E-state index >= 15 is 0 Å². The zero-order valence-electron chi connectivity index (χ0n) is 18.6. The molecule has 6 rings (SSSR count). The lowest BCUT2D eigenvalue weighted by atomic mass is 10.1. The topological polar surface area (TPSA) is 9.86 Å². The summed E-state index contributed by atoms with van der Waals surface area (Å²) in [5, 5.41) is 5.05. The van der Waals surface area contributed by atoms with Gasteiger partial charge in [-0.15, -0.1) is 0 Å². The fraction of sp³-hybridized carbons (Fsp3) is 0.0323. The first kappa shape index (κ1) is 19.4. The normalized spacial score (nSPS) is 12.6. The van der Waals surface area contributed by atoms with Crippen molar-refractivity contribution in [2.75, 3.05) is 0 Å². The highest BCUT2D eigenvalue weighted by Crippen LogP contribution is 2.41. The number of para-hydroxylation sites is 3. The van der Waals surface area contributed by atoms with Crippen molar-refractivity contribution >= 4 is 49.3 Å². The third kappa shape index (κ3) is 2.81. The molecule has 4 aromatic carbocycles. The van der Waals surface area contributed by atoms with E-state index in [1.165, 1.54) is 49.3 Å². The van der Waals surface area contributed by atoms with E-state index in [9.17, 15) is 0 Å². The number of hydrogen-bond acceptors (Lipinski definition) is 0. The van der Waals surface area contributed by atoms with E-state index in [1.54, 1.807) is 0 Å². The average molecular weight is 425 g/mol. The van der Waals surface area contributed by atoms with Crippen molar-refractivity contribution in [3.05, 3.63) is 122 Å². The Bertz CT molecular complexity index is 1720. The van der Waals surface area contributed by atoms with Gasteiger partial charge >= 0.3 is 0 Å². The molecule has 0 unspecified atom stereocenters. The number of nitrogens with zero attached hydrogens (tertiary/aromatic N) is 2. The molecule has 0 amide bonds. The molecule has 0 atom stereocenters. The minimum Gasteiger partial charge on any atom is -0.309 e. The van der Waals surface area contributed by atoms with Gasteiger partial charge in [0.25, 0.3) is 0 Å². The van der Waals surface area contributed by atoms with Crippen LogP contribution in [0.3, 0.4) is 0 Å². The van der Waals surface area contributed by atoms with Crippen LogP contribution in [0.25, 0.3) is 55.0 Å². The quantitative estimate of drug-likeness (QED) is 0.251. The second kappa shape index (κ2) is 7.68. The molecule has 6 aromatic rings. The second-order valence-electron chi connectivity index (χ2n) is 8.22. The van der Waals surface area contributed by atoms with Gasteiger partial charge in [-0.3, -0.25) is 0 Å². The van der Waals surface area contributed by atoms with E-state index in [4.69, 9.17) is 0 Å². The van der Waals surface area contributed by atoms with E-state index in [-0.39, 0.29) is 0 Å². The number of rotatable bonds is 4. The predicted molar refractivity (Wildman–Crippen MR) is 143 cm³/mol. The van der Waals surface area contributed by atoms with Crippen molar-refractivity contribution < 1.29 is 0 Å². The molecule has 0 bridgehead atoms. The van der Waals surface area contributed by atoms with E-state index in [1.807, 2.05) is 6.08 Å². The maximum absolute atomic E-state index is 3.96. The van der Waals surface area contributed by atoms with Gasteiger partial charge < -0.3 is 9.13 Å². The van der Waals surface area contributed by atoms with Crippen molar-refractivity contribution in [1.29, 1.82) is 0 Å². The van der Waals surface area contributed by atoms with Crippen LogP contribution in [0.1, 0.15) is 6.92 Å². The van der Waals surface area contributed by atoms with E-state index < -0.39 is 0 Å². The molecule has 2 heteroatoms. The lowest BCUT2D eigenvalue weighted by molar-refractivity contribution is 1.19. The largest absolute Gasteiger partial charge is 0.309 e. The molecule has 0 fully saturated rings. The Morgan fingerprint density at radius 2 is 1.39 bits per heavy atom. The third-order valence-electron chi connectivity index (χ3n) is 6.37. The molecule has 0 aliphatic carbocycles. The zero-order valence-corrected chi connectivity index (χ0v) is 18.6. The van der Waals surface area contributed by atoms with Crippen molar-refractivity contribution in [3.63, 3.8) is 0 Å². The number of aromatic nitrogens is 2. The maximum atomic E-state index is 3.96. The lowest BCUT2D eigenvalue weighted by Crippen LogP contribution is -1.95. The van der Waals surface area contributed by atoms with Crippen LogP contribution in [0.15, 0.2) is 122 Å². The van der Waals surface area contributed by atoms with Crippen molar-refractivity contribution in [1.82, 2.24) is 9.13 Å². The summed E-state index contributed by atoms with van der Waals surface area (Å²) in [6, 6.07) is 32.6. The summed E-state index contributed by atoms with van der Waals surface area (Å²) in [7, 11) is 0. The number of allylic oxidation sites excluding steroid dienone is 5. The summed E-state index contributed by atoms with van der Waals surface area (Å²) < 4.78 is 4.76. The number of benzene rings is 4. The first-order valence-electron chi connectivity index (χ1n) is 11.3. The van der Waals surface area contributed by atoms with Gasteiger partial charge in [0.05, 0.1) is 22.1 Å². The monoisotopic (exact) mass is 424 g/mol. The Morgan fingerprint density at radius 3 is 2.15 bits per heavy atom. The number of fused-ring (bicyclic) bond motifs is 7. The molecule has 2 nitrogen and oxygen atoms in total. The van der Waals surface area contributed by atoms with Gasteiger partial charge in [0.15, 0.2) is 0 Å². The Kier molecular flexibility index (Phi) is 4.51. The van der Waals surface area contributed by atoms with E-state index in [2.05, 4.69) is 132 Å². The summed E-state index contributed by atoms with van der Waals surface area (Å²) in [5.41, 5.74) is 7.11. The second-order valence-corrected chi connectivity index (χ2v) is 8.22. The molecule has 33 heavy (non-hydrogen) atoms. The number of hydrogen-bond donors (Lipinski definition) is 0. The molecule has 0 saturated carbocycles. The van der Waals surface area contributed by atoms with Gasteiger partial charge in [-0.25, -0.2) is 0 Å². The van der Waals surface area contributed by atoms with Crippen LogP contribution in [-0.4, -0.2) is 9.13 Å². The molecule has 158 valence electrons. The molecule has 2 aromatic heterocycles. The highest BCUT2D eigenvalue weighted by atomic mass is 15.0. The average Bonchev–Trinajstić information content (AvgIpc) is 3.37. The summed E-state index contributed by atoms with van der Waals surface area (Å²) in [6.07, 6.45) is 8.15. The minimum atomic E-state index is 1.10. The van der Waals surface area contributed by atoms with Crippen LogP contribution >= 0.6 is 0 Å². The Labute approximate surface area is 193 Å². The fourth-order valence-corrected chi connectivity index (χ4v) is 5.13. The minimum absolute atomic E-state index is 1.10. The summed E-state index contributed by atoms with van der Waals surface area (Å²) in [6.45, 7) is 6.01. The molecule has 0 aliphatic rings. The molecule has 0 spiro atoms. The molecule has 0 radical (unpaired) electrons. The maximum Gasteiger partial charge on any atom is 0.0641 e. The third-order valence-corrected chi connectivity index (χ3v) is 6.37. The predicted octanol–water partition coefficient (Wildman–Crippen LogP) is 8.49. The molecular weight excluding hydrogens is 400 g/mol. The highest BCUT2D eigenvalue weighted by Gasteiger charge is 2.20. The highest BCUT2D eigenvalue weighted by molar-refractivity contribution is 6.26. The van der Waals surface area contributed by atoms with Crippen molar-refractivity contribution in [3.8, 4) is 5.69 Å². The van der Waals surface area contributed by atoms with Crippen molar-refractivity contribution in [2.45, 2.75) is 6.92 Å². The Balaban J connectivity index is 1.90. The Morgan fingerprint density at radius 1 is 0.697 bits per heavy atom. The summed E-state index contributed by atoms with van der Waals surface area (Å²) in [5.74, 6) is 0. The first-order chi connectivity index (χ1) is 16.3. The van der Waals surface area contributed by atoms with Gasteiger partial charge in [0, 0.05) is 32.9 Å². The molecule has 0 saturated heterocycles. The molecule has 0 N–H and O–H groups in total. The standard InChI is InChI=1S/C31H24N2/c1-3-12-22(13-4-2)32-28-19-11-9-17-26(28)30-29(32)21-20-25-24-16-8-10-18-27(24)33(31(25)30)23-14-6-5-7-15-23/h3-21H,1H2,2H3/b13-4-,22-12+. The SMILES string of the molecule is C=C/C=C(\C=C/C)n1c2ccccc2c2c1ccc1c3ccccc3n(-c3ccccc3)c12. The van der Waals surface area contributed by atoms with Crippen LogP contribution in [-0.2, 0) is 0 Å². The van der Waals surface area contributed by atoms with Crippen molar-refractivity contribution in [2.24, 2.45) is 0 Å². The van der Waals surface area contributed by atoms with E-state index in [0.29, 0.717) is 0 Å². The Hall–Kier alpha value is -4.30. The van der Waals surface area contributed by atoms with Crippen LogP contribution in [0, 0.1) is 0 Å². The zero-order chi connectivity index (χ0) is 22.4. The summed E-state index contributed by atoms with van der Waals surface area (Å²) >= 11 is 0. The van der Waals surface area contributed by atoms with Gasteiger partial charge in [0.2, 0.25) is 0 Å². The van der Waals surface area contributed by atoms with Gasteiger partial charge in [0.1, 0.15) is 0 Å². The van der Waals surface area contributed by atoms with Crippen LogP contribution in [0.2, 0.25) is 0 Å². The first-order valence-corrected chi connectivity index (χ1v) is 11.3. The van der Waals surface area contributed by atoms with Crippen LogP contribution in [0.4, 0.5) is 0 Å². The molecular formula is C31H24N2. The van der Waals surface area contributed by atoms with Crippen LogP contribution in [0.5, 0.6) is 0 Å². The lowest BCUT2D eigenvalue weighted by Gasteiger charge is -2.10. The van der Waals surface area contributed by atoms with Gasteiger partial charge in [-0.1, -0.05) is 79.4 Å². The van der Waals surface area contributed by atoms with E-state index in [0.717, 1.165) is 5.70 Å². The van der Waals surface area contributed by atoms with Gasteiger partial charge in [-0.2, -0.15) is 0 Å². The molecule has 2 heterocycles. The fourth-order valence-electron chi connectivity index (χ4n) is 5.13. The summed E-state index contributed by atoms with van der Waals surface area (Å²) in [4.78, 5) is 0. The van der Waals surface area contributed by atoms with Crippen LogP contribution < -0.4 is 0 Å². The van der Waals surface area contributed by atoms with Gasteiger partial charge in [-0.05, 0) is 49.4 Å². The smallest absolute Gasteiger partial charge is 0.0641 e. The molecule has 0 aliphatic heterocycles.